The van der Waals surface area contributed by atoms with Gasteiger partial charge in [0.25, 0.3) is 5.91 Å². The normalized spacial score (nSPS) is 10.3. The van der Waals surface area contributed by atoms with Crippen LogP contribution in [0, 0.1) is 21.7 Å². The van der Waals surface area contributed by atoms with Crippen molar-refractivity contribution in [2.24, 2.45) is 0 Å². The highest BCUT2D eigenvalue weighted by molar-refractivity contribution is 5.94. The molecule has 0 aliphatic rings. The van der Waals surface area contributed by atoms with Crippen LogP contribution in [0.2, 0.25) is 0 Å². The minimum atomic E-state index is -1.26. The molecule has 8 heteroatoms. The van der Waals surface area contributed by atoms with E-state index < -0.39 is 33.7 Å². The molecule has 0 aliphatic carbocycles. The van der Waals surface area contributed by atoms with E-state index in [1.807, 2.05) is 0 Å². The number of nitro groups is 1. The molecule has 2 N–H and O–H groups in total. The minimum absolute atomic E-state index is 0.125. The largest absolute Gasteiger partial charge is 0.367 e. The number of benzene rings is 1. The fraction of sp³-hybridized carbons (Fsp3) is 0.0833. The van der Waals surface area contributed by atoms with Gasteiger partial charge in [-0.2, -0.15) is 4.39 Å². The fourth-order valence-corrected chi connectivity index (χ4v) is 1.60. The molecule has 104 valence electrons. The zero-order valence-electron chi connectivity index (χ0n) is 10.0. The lowest BCUT2D eigenvalue weighted by molar-refractivity contribution is -0.387. The zero-order valence-corrected chi connectivity index (χ0v) is 10.0. The second-order valence-corrected chi connectivity index (χ2v) is 3.94. The highest BCUT2D eigenvalue weighted by Crippen LogP contribution is 2.21. The van der Waals surface area contributed by atoms with Crippen molar-refractivity contribution in [3.05, 3.63) is 63.5 Å². The first kappa shape index (κ1) is 13.7. The molecule has 1 aromatic heterocycles. The van der Waals surface area contributed by atoms with Crippen LogP contribution < -0.4 is 5.32 Å². The fourth-order valence-electron chi connectivity index (χ4n) is 1.60. The number of H-pyrrole nitrogens is 1. The van der Waals surface area contributed by atoms with Crippen molar-refractivity contribution in [3.63, 3.8) is 0 Å². The number of halogens is 2. The van der Waals surface area contributed by atoms with Crippen LogP contribution in [0.5, 0.6) is 0 Å². The summed E-state index contributed by atoms with van der Waals surface area (Å²) in [6, 6.07) is 2.60. The van der Waals surface area contributed by atoms with Crippen molar-refractivity contribution in [1.29, 1.82) is 0 Å². The summed E-state index contributed by atoms with van der Waals surface area (Å²) in [6.07, 6.45) is 3.28. The Kier molecular flexibility index (Phi) is 3.74. The Morgan fingerprint density at radius 3 is 2.70 bits per heavy atom. The molecule has 2 rings (SSSR count). The number of hydrogen-bond donors (Lipinski definition) is 2. The quantitative estimate of drug-likeness (QED) is 0.664. The van der Waals surface area contributed by atoms with Crippen molar-refractivity contribution >= 4 is 11.6 Å². The molecule has 6 nitrogen and oxygen atoms in total. The van der Waals surface area contributed by atoms with E-state index in [0.29, 0.717) is 12.1 Å². The van der Waals surface area contributed by atoms with Crippen molar-refractivity contribution < 1.29 is 18.5 Å². The molecule has 0 atom stereocenters. The molecular formula is C12H9F2N3O3. The van der Waals surface area contributed by atoms with Crippen molar-refractivity contribution in [2.45, 2.75) is 6.54 Å². The third kappa shape index (κ3) is 2.79. The van der Waals surface area contributed by atoms with Gasteiger partial charge in [-0.25, -0.2) is 4.39 Å². The molecule has 20 heavy (non-hydrogen) atoms. The summed E-state index contributed by atoms with van der Waals surface area (Å²) in [4.78, 5) is 23.8. The first-order valence-corrected chi connectivity index (χ1v) is 5.52. The van der Waals surface area contributed by atoms with E-state index in [2.05, 4.69) is 10.3 Å². The number of carbonyl (C=O) groups excluding carboxylic acids is 1. The van der Waals surface area contributed by atoms with E-state index in [9.17, 15) is 23.7 Å². The minimum Gasteiger partial charge on any atom is -0.367 e. The van der Waals surface area contributed by atoms with Gasteiger partial charge in [-0.05, 0) is 17.7 Å². The average molecular weight is 281 g/mol. The van der Waals surface area contributed by atoms with Gasteiger partial charge in [0.05, 0.1) is 16.6 Å². The number of amides is 1. The van der Waals surface area contributed by atoms with Crippen molar-refractivity contribution in [1.82, 2.24) is 10.3 Å². The van der Waals surface area contributed by atoms with Crippen LogP contribution in [-0.2, 0) is 6.54 Å². The van der Waals surface area contributed by atoms with E-state index in [1.54, 1.807) is 18.5 Å². The van der Waals surface area contributed by atoms with Crippen LogP contribution in [-0.4, -0.2) is 15.8 Å². The molecule has 0 spiro atoms. The van der Waals surface area contributed by atoms with Gasteiger partial charge >= 0.3 is 5.69 Å². The lowest BCUT2D eigenvalue weighted by atomic mass is 10.1. The first-order valence-electron chi connectivity index (χ1n) is 5.52. The van der Waals surface area contributed by atoms with Crippen LogP contribution in [0.4, 0.5) is 14.5 Å². The SMILES string of the molecule is O=C(NCc1cc[nH]c1)c1cc(F)c([N+](=O)[O-])cc1F. The van der Waals surface area contributed by atoms with Gasteiger partial charge in [-0.15, -0.1) is 0 Å². The number of aromatic amines is 1. The Balaban J connectivity index is 2.17. The third-order valence-corrected chi connectivity index (χ3v) is 2.59. The summed E-state index contributed by atoms with van der Waals surface area (Å²) in [5.41, 5.74) is -0.838. The molecule has 1 amide bonds. The Morgan fingerprint density at radius 1 is 1.35 bits per heavy atom. The Labute approximate surface area is 111 Å². The van der Waals surface area contributed by atoms with Gasteiger partial charge in [0.15, 0.2) is 0 Å². The molecule has 0 fully saturated rings. The lowest BCUT2D eigenvalue weighted by Crippen LogP contribution is -2.24. The lowest BCUT2D eigenvalue weighted by Gasteiger charge is -2.05. The maximum absolute atomic E-state index is 13.6. The monoisotopic (exact) mass is 281 g/mol. The topological polar surface area (TPSA) is 88.0 Å². The number of nitrogens with zero attached hydrogens (tertiary/aromatic N) is 1. The van der Waals surface area contributed by atoms with E-state index >= 15 is 0 Å². The van der Waals surface area contributed by atoms with Crippen molar-refractivity contribution in [2.75, 3.05) is 0 Å². The maximum Gasteiger partial charge on any atom is 0.307 e. The number of hydrogen-bond acceptors (Lipinski definition) is 3. The van der Waals surface area contributed by atoms with Gasteiger partial charge in [-0.1, -0.05) is 0 Å². The van der Waals surface area contributed by atoms with Crippen LogP contribution in [0.25, 0.3) is 0 Å². The number of rotatable bonds is 4. The highest BCUT2D eigenvalue weighted by Gasteiger charge is 2.21. The van der Waals surface area contributed by atoms with E-state index in [-0.39, 0.29) is 6.54 Å². The predicted molar refractivity (Wildman–Crippen MR) is 65.0 cm³/mol. The zero-order chi connectivity index (χ0) is 14.7. The maximum atomic E-state index is 13.6. The summed E-state index contributed by atoms with van der Waals surface area (Å²) >= 11 is 0. The van der Waals surface area contributed by atoms with E-state index in [4.69, 9.17) is 0 Å². The summed E-state index contributed by atoms with van der Waals surface area (Å²) in [5.74, 6) is -3.26. The molecule has 0 aliphatic heterocycles. The smallest absolute Gasteiger partial charge is 0.307 e. The van der Waals surface area contributed by atoms with Gasteiger partial charge in [-0.3, -0.25) is 14.9 Å². The summed E-state index contributed by atoms with van der Waals surface area (Å²) in [6.45, 7) is 0.125. The standard InChI is InChI=1S/C12H9F2N3O3/c13-9-4-11(17(19)20)10(14)3-8(9)12(18)16-6-7-1-2-15-5-7/h1-5,15H,6H2,(H,16,18). The van der Waals surface area contributed by atoms with Crippen LogP contribution in [0.15, 0.2) is 30.6 Å². The van der Waals surface area contributed by atoms with Crippen LogP contribution in [0.1, 0.15) is 15.9 Å². The second-order valence-electron chi connectivity index (χ2n) is 3.94. The first-order chi connectivity index (χ1) is 9.49. The molecule has 0 radical (unpaired) electrons. The third-order valence-electron chi connectivity index (χ3n) is 2.59. The Hall–Kier alpha value is -2.77. The average Bonchev–Trinajstić information content (AvgIpc) is 2.91. The van der Waals surface area contributed by atoms with Gasteiger partial charge < -0.3 is 10.3 Å². The van der Waals surface area contributed by atoms with E-state index in [1.165, 1.54) is 0 Å². The Bertz CT molecular complexity index is 656. The number of carbonyl (C=O) groups is 1. The molecule has 2 aromatic rings. The van der Waals surface area contributed by atoms with E-state index in [0.717, 1.165) is 5.56 Å². The predicted octanol–water partition coefficient (Wildman–Crippen LogP) is 2.13. The summed E-state index contributed by atoms with van der Waals surface area (Å²) in [5, 5.41) is 12.8. The molecular weight excluding hydrogens is 272 g/mol. The van der Waals surface area contributed by atoms with Gasteiger partial charge in [0, 0.05) is 18.9 Å². The molecule has 0 unspecified atom stereocenters. The molecule has 0 saturated heterocycles. The van der Waals surface area contributed by atoms with Crippen LogP contribution in [0.3, 0.4) is 0 Å². The summed E-state index contributed by atoms with van der Waals surface area (Å²) < 4.78 is 26.9. The van der Waals surface area contributed by atoms with Gasteiger partial charge in [0.1, 0.15) is 5.82 Å². The molecule has 1 aromatic carbocycles. The number of aromatic nitrogens is 1. The number of nitro benzene ring substituents is 1. The molecule has 0 saturated carbocycles. The molecule has 0 bridgehead atoms. The number of nitrogens with one attached hydrogen (secondary N) is 2. The Morgan fingerprint density at radius 2 is 2.10 bits per heavy atom. The summed E-state index contributed by atoms with van der Waals surface area (Å²) in [7, 11) is 0. The second kappa shape index (κ2) is 5.47. The van der Waals surface area contributed by atoms with Crippen LogP contribution >= 0.6 is 0 Å². The van der Waals surface area contributed by atoms with Gasteiger partial charge in [0.2, 0.25) is 5.82 Å². The van der Waals surface area contributed by atoms with Crippen molar-refractivity contribution in [3.8, 4) is 0 Å². The molecule has 1 heterocycles. The highest BCUT2D eigenvalue weighted by atomic mass is 19.1.